The smallest absolute Gasteiger partial charge is 0.238 e. The lowest BCUT2D eigenvalue weighted by atomic mass is 10.5. The van der Waals surface area contributed by atoms with Crippen molar-refractivity contribution in [3.63, 3.8) is 0 Å². The minimum atomic E-state index is 0.0248. The Hall–Kier alpha value is -1.03. The fraction of sp³-hybridized carbons (Fsp3) is 0.429. The maximum absolute atomic E-state index is 5.76. The molecule has 2 N–H and O–H groups in total. The first-order chi connectivity index (χ1) is 5.61. The molecule has 0 aliphatic heterocycles. The quantitative estimate of drug-likeness (QED) is 0.762. The van der Waals surface area contributed by atoms with E-state index in [1.165, 1.54) is 6.33 Å². The minimum absolute atomic E-state index is 0.0248. The summed E-state index contributed by atoms with van der Waals surface area (Å²) in [6.45, 7) is 3.77. The molecule has 0 atom stereocenters. The van der Waals surface area contributed by atoms with Crippen molar-refractivity contribution >= 4 is 17.4 Å². The average Bonchev–Trinajstić information content (AvgIpc) is 1.98. The highest BCUT2D eigenvalue weighted by atomic mass is 35.5. The van der Waals surface area contributed by atoms with Gasteiger partial charge in [-0.2, -0.15) is 0 Å². The van der Waals surface area contributed by atoms with Crippen molar-refractivity contribution in [3.8, 4) is 5.88 Å². The number of nitrogens with zero attached hydrogens (tertiary/aromatic N) is 2. The van der Waals surface area contributed by atoms with E-state index in [1.54, 1.807) is 0 Å². The van der Waals surface area contributed by atoms with Gasteiger partial charge in [0, 0.05) is 0 Å². The third kappa shape index (κ3) is 1.98. The van der Waals surface area contributed by atoms with Crippen LogP contribution in [0.5, 0.6) is 5.88 Å². The van der Waals surface area contributed by atoms with Crippen molar-refractivity contribution in [1.29, 1.82) is 0 Å². The Labute approximate surface area is 75.7 Å². The number of rotatable bonds is 2. The molecule has 1 heterocycles. The number of halogens is 1. The van der Waals surface area contributed by atoms with Crippen molar-refractivity contribution in [2.24, 2.45) is 0 Å². The van der Waals surface area contributed by atoms with E-state index in [1.807, 2.05) is 13.8 Å². The molecule has 0 aromatic carbocycles. The summed E-state index contributed by atoms with van der Waals surface area (Å²) in [5, 5.41) is 0.270. The highest BCUT2D eigenvalue weighted by molar-refractivity contribution is 6.33. The minimum Gasteiger partial charge on any atom is -0.474 e. The van der Waals surface area contributed by atoms with E-state index in [0.29, 0.717) is 5.88 Å². The second-order valence-corrected chi connectivity index (χ2v) is 2.92. The lowest BCUT2D eigenvalue weighted by molar-refractivity contribution is 0.232. The predicted molar refractivity (Wildman–Crippen MR) is 47.2 cm³/mol. The van der Waals surface area contributed by atoms with Gasteiger partial charge in [-0.25, -0.2) is 9.97 Å². The van der Waals surface area contributed by atoms with E-state index in [2.05, 4.69) is 9.97 Å². The van der Waals surface area contributed by atoms with Crippen molar-refractivity contribution in [2.75, 3.05) is 5.73 Å². The second kappa shape index (κ2) is 3.58. The third-order valence-electron chi connectivity index (χ3n) is 1.13. The summed E-state index contributed by atoms with van der Waals surface area (Å²) in [7, 11) is 0. The molecule has 1 rings (SSSR count). The molecule has 0 saturated carbocycles. The van der Waals surface area contributed by atoms with Gasteiger partial charge in [0.2, 0.25) is 5.88 Å². The average molecular weight is 188 g/mol. The van der Waals surface area contributed by atoms with Gasteiger partial charge < -0.3 is 10.5 Å². The SMILES string of the molecule is CC(C)Oc1ncnc(N)c1Cl. The number of nitrogen functional groups attached to an aromatic ring is 1. The van der Waals surface area contributed by atoms with Crippen LogP contribution >= 0.6 is 11.6 Å². The Morgan fingerprint density at radius 3 is 2.75 bits per heavy atom. The van der Waals surface area contributed by atoms with Crippen LogP contribution in [0.4, 0.5) is 5.82 Å². The molecule has 0 aliphatic rings. The number of aromatic nitrogens is 2. The summed E-state index contributed by atoms with van der Waals surface area (Å²) in [6, 6.07) is 0. The summed E-state index contributed by atoms with van der Waals surface area (Å²) >= 11 is 5.76. The van der Waals surface area contributed by atoms with Crippen LogP contribution in [-0.4, -0.2) is 16.1 Å². The fourth-order valence-electron chi connectivity index (χ4n) is 0.672. The molecule has 0 unspecified atom stereocenters. The van der Waals surface area contributed by atoms with Crippen LogP contribution in [0.3, 0.4) is 0 Å². The van der Waals surface area contributed by atoms with Gasteiger partial charge in [-0.1, -0.05) is 11.6 Å². The van der Waals surface area contributed by atoms with Gasteiger partial charge >= 0.3 is 0 Å². The van der Waals surface area contributed by atoms with Crippen LogP contribution in [0.15, 0.2) is 6.33 Å². The molecule has 0 fully saturated rings. The van der Waals surface area contributed by atoms with Crippen LogP contribution in [0, 0.1) is 0 Å². The predicted octanol–water partition coefficient (Wildman–Crippen LogP) is 1.50. The van der Waals surface area contributed by atoms with Crippen molar-refractivity contribution < 1.29 is 4.74 Å². The lowest BCUT2D eigenvalue weighted by Crippen LogP contribution is -2.08. The Bertz CT molecular complexity index is 277. The zero-order valence-corrected chi connectivity index (χ0v) is 7.67. The summed E-state index contributed by atoms with van der Waals surface area (Å²) in [5.74, 6) is 0.571. The van der Waals surface area contributed by atoms with Crippen LogP contribution in [-0.2, 0) is 0 Å². The molecule has 5 heteroatoms. The summed E-state index contributed by atoms with van der Waals surface area (Å²) in [5.41, 5.74) is 5.43. The van der Waals surface area contributed by atoms with E-state index < -0.39 is 0 Å². The molecule has 0 spiro atoms. The molecule has 0 aliphatic carbocycles. The Morgan fingerprint density at radius 2 is 2.17 bits per heavy atom. The fourth-order valence-corrected chi connectivity index (χ4v) is 0.814. The first kappa shape index (κ1) is 9.06. The maximum atomic E-state index is 5.76. The molecule has 1 aromatic rings. The summed E-state index contributed by atoms with van der Waals surface area (Å²) in [6.07, 6.45) is 1.34. The third-order valence-corrected chi connectivity index (χ3v) is 1.49. The molecular formula is C7H10ClN3O. The Balaban J connectivity index is 2.92. The molecule has 0 amide bonds. The monoisotopic (exact) mass is 187 g/mol. The number of hydrogen-bond acceptors (Lipinski definition) is 4. The van der Waals surface area contributed by atoms with Crippen molar-refractivity contribution in [1.82, 2.24) is 9.97 Å². The molecule has 0 radical (unpaired) electrons. The van der Waals surface area contributed by atoms with Gasteiger partial charge in [-0.05, 0) is 13.8 Å². The van der Waals surface area contributed by atoms with Gasteiger partial charge in [0.15, 0.2) is 0 Å². The van der Waals surface area contributed by atoms with E-state index in [0.717, 1.165) is 0 Å². The lowest BCUT2D eigenvalue weighted by Gasteiger charge is -2.09. The highest BCUT2D eigenvalue weighted by Gasteiger charge is 2.08. The number of nitrogens with two attached hydrogens (primary N) is 1. The van der Waals surface area contributed by atoms with Crippen LogP contribution < -0.4 is 10.5 Å². The molecule has 0 bridgehead atoms. The number of ether oxygens (including phenoxy) is 1. The van der Waals surface area contributed by atoms with Gasteiger partial charge in [0.05, 0.1) is 6.10 Å². The largest absolute Gasteiger partial charge is 0.474 e. The van der Waals surface area contributed by atoms with Crippen molar-refractivity contribution in [2.45, 2.75) is 20.0 Å². The summed E-state index contributed by atoms with van der Waals surface area (Å²) < 4.78 is 5.26. The van der Waals surface area contributed by atoms with Crippen LogP contribution in [0.25, 0.3) is 0 Å². The highest BCUT2D eigenvalue weighted by Crippen LogP contribution is 2.25. The first-order valence-electron chi connectivity index (χ1n) is 3.54. The van der Waals surface area contributed by atoms with Crippen LogP contribution in [0.2, 0.25) is 5.02 Å². The van der Waals surface area contributed by atoms with Gasteiger partial charge in [0.25, 0.3) is 0 Å². The summed E-state index contributed by atoms with van der Waals surface area (Å²) in [4.78, 5) is 7.54. The molecule has 4 nitrogen and oxygen atoms in total. The zero-order chi connectivity index (χ0) is 9.14. The van der Waals surface area contributed by atoms with E-state index >= 15 is 0 Å². The topological polar surface area (TPSA) is 61.0 Å². The standard InChI is InChI=1S/C7H10ClN3O/c1-4(2)12-7-5(8)6(9)10-3-11-7/h3-4H,1-2H3,(H2,9,10,11). The number of hydrogen-bond donors (Lipinski definition) is 1. The van der Waals surface area contributed by atoms with Gasteiger partial charge in [-0.3, -0.25) is 0 Å². The number of anilines is 1. The van der Waals surface area contributed by atoms with Gasteiger partial charge in [0.1, 0.15) is 17.2 Å². The maximum Gasteiger partial charge on any atom is 0.238 e. The first-order valence-corrected chi connectivity index (χ1v) is 3.91. The van der Waals surface area contributed by atoms with Gasteiger partial charge in [-0.15, -0.1) is 0 Å². The second-order valence-electron chi connectivity index (χ2n) is 2.54. The van der Waals surface area contributed by atoms with Crippen LogP contribution in [0.1, 0.15) is 13.8 Å². The van der Waals surface area contributed by atoms with E-state index in [4.69, 9.17) is 22.1 Å². The Morgan fingerprint density at radius 1 is 1.50 bits per heavy atom. The van der Waals surface area contributed by atoms with Crippen molar-refractivity contribution in [3.05, 3.63) is 11.3 Å². The normalized spacial score (nSPS) is 10.3. The molecule has 12 heavy (non-hydrogen) atoms. The molecule has 0 saturated heterocycles. The Kier molecular flexibility index (Phi) is 2.70. The van der Waals surface area contributed by atoms with E-state index in [-0.39, 0.29) is 16.9 Å². The zero-order valence-electron chi connectivity index (χ0n) is 6.91. The molecule has 66 valence electrons. The molecular weight excluding hydrogens is 178 g/mol. The van der Waals surface area contributed by atoms with E-state index in [9.17, 15) is 0 Å². The molecule has 1 aromatic heterocycles.